The van der Waals surface area contributed by atoms with Crippen LogP contribution in [0.1, 0.15) is 22.9 Å². The maximum absolute atomic E-state index is 14.3. The lowest BCUT2D eigenvalue weighted by atomic mass is 10.0. The molecule has 5 heteroatoms. The van der Waals surface area contributed by atoms with Crippen LogP contribution in [0, 0.1) is 5.82 Å². The fourth-order valence-corrected chi connectivity index (χ4v) is 3.83. The molecule has 1 aliphatic heterocycles. The Morgan fingerprint density at radius 2 is 1.83 bits per heavy atom. The van der Waals surface area contributed by atoms with Gasteiger partial charge in [0.1, 0.15) is 5.82 Å². The second kappa shape index (κ2) is 6.38. The van der Waals surface area contributed by atoms with E-state index in [0.717, 1.165) is 17.7 Å². The van der Waals surface area contributed by atoms with Gasteiger partial charge in [-0.2, -0.15) is 5.10 Å². The molecule has 0 aliphatic carbocycles. The van der Waals surface area contributed by atoms with Crippen molar-refractivity contribution in [2.75, 3.05) is 5.01 Å². The number of anilines is 1. The van der Waals surface area contributed by atoms with Crippen LogP contribution in [0.3, 0.4) is 0 Å². The number of para-hydroxylation sites is 1. The molecule has 0 saturated carbocycles. The molecule has 0 radical (unpaired) electrons. The van der Waals surface area contributed by atoms with Crippen LogP contribution in [0.5, 0.6) is 0 Å². The van der Waals surface area contributed by atoms with Crippen LogP contribution >= 0.6 is 22.9 Å². The average Bonchev–Trinajstić information content (AvgIpc) is 3.25. The fourth-order valence-electron chi connectivity index (χ4n) is 2.89. The summed E-state index contributed by atoms with van der Waals surface area (Å²) in [6, 6.07) is 18.5. The molecule has 2 aromatic carbocycles. The second-order valence-electron chi connectivity index (χ2n) is 5.58. The third-order valence-corrected chi connectivity index (χ3v) is 5.28. The van der Waals surface area contributed by atoms with E-state index < -0.39 is 0 Å². The van der Waals surface area contributed by atoms with E-state index in [-0.39, 0.29) is 11.9 Å². The van der Waals surface area contributed by atoms with Gasteiger partial charge in [-0.25, -0.2) is 4.39 Å². The average molecular weight is 357 g/mol. The van der Waals surface area contributed by atoms with E-state index in [9.17, 15) is 4.39 Å². The Balaban J connectivity index is 1.77. The van der Waals surface area contributed by atoms with E-state index in [2.05, 4.69) is 6.07 Å². The monoisotopic (exact) mass is 356 g/mol. The van der Waals surface area contributed by atoms with Gasteiger partial charge in [-0.3, -0.25) is 5.01 Å². The van der Waals surface area contributed by atoms with Crippen molar-refractivity contribution >= 4 is 34.3 Å². The molecule has 2 nitrogen and oxygen atoms in total. The molecule has 0 spiro atoms. The zero-order chi connectivity index (χ0) is 16.5. The first-order chi connectivity index (χ1) is 11.7. The summed E-state index contributed by atoms with van der Waals surface area (Å²) in [6.07, 6.45) is 0.733. The lowest BCUT2D eigenvalue weighted by molar-refractivity contribution is 0.608. The van der Waals surface area contributed by atoms with Crippen LogP contribution in [-0.4, -0.2) is 5.71 Å². The fraction of sp³-hybridized carbons (Fsp3) is 0.105. The van der Waals surface area contributed by atoms with Crippen molar-refractivity contribution in [2.24, 2.45) is 5.10 Å². The highest BCUT2D eigenvalue weighted by Crippen LogP contribution is 2.39. The smallest absolute Gasteiger partial charge is 0.148 e. The number of benzene rings is 2. The molecule has 0 fully saturated rings. The molecule has 1 atom stereocenters. The van der Waals surface area contributed by atoms with Crippen molar-refractivity contribution in [3.63, 3.8) is 0 Å². The van der Waals surface area contributed by atoms with Crippen molar-refractivity contribution in [2.45, 2.75) is 12.5 Å². The molecular weight excluding hydrogens is 343 g/mol. The van der Waals surface area contributed by atoms with Gasteiger partial charge in [0.05, 0.1) is 17.4 Å². The zero-order valence-electron chi connectivity index (χ0n) is 12.7. The van der Waals surface area contributed by atoms with Crippen molar-refractivity contribution in [3.8, 4) is 0 Å². The predicted octanol–water partition coefficient (Wildman–Crippen LogP) is 5.90. The topological polar surface area (TPSA) is 15.6 Å². The van der Waals surface area contributed by atoms with Crippen molar-refractivity contribution in [1.29, 1.82) is 0 Å². The van der Waals surface area contributed by atoms with Gasteiger partial charge < -0.3 is 0 Å². The first kappa shape index (κ1) is 15.4. The van der Waals surface area contributed by atoms with Gasteiger partial charge in [0.2, 0.25) is 0 Å². The molecule has 4 rings (SSSR count). The van der Waals surface area contributed by atoms with Gasteiger partial charge in [0.15, 0.2) is 0 Å². The van der Waals surface area contributed by atoms with Gasteiger partial charge in [-0.1, -0.05) is 41.9 Å². The van der Waals surface area contributed by atoms with Gasteiger partial charge >= 0.3 is 0 Å². The summed E-state index contributed by atoms with van der Waals surface area (Å²) in [5.41, 5.74) is 2.45. The molecule has 0 amide bonds. The van der Waals surface area contributed by atoms with E-state index in [1.807, 2.05) is 41.8 Å². The first-order valence-corrected chi connectivity index (χ1v) is 8.89. The number of hydrazone groups is 1. The molecular formula is C19H14ClFN2S. The van der Waals surface area contributed by atoms with Gasteiger partial charge in [0, 0.05) is 16.3 Å². The molecule has 0 bridgehead atoms. The third-order valence-electron chi connectivity index (χ3n) is 4.06. The van der Waals surface area contributed by atoms with E-state index in [1.165, 1.54) is 10.9 Å². The lowest BCUT2D eigenvalue weighted by Crippen LogP contribution is -2.18. The standard InChI is InChI=1S/C19H14ClFN2S/c20-14-9-7-13(8-10-14)16-12-18(19-6-3-11-24-19)23(22-16)17-5-2-1-4-15(17)21/h1-11,18H,12H2/t18-/m1/s1. The van der Waals surface area contributed by atoms with Crippen molar-refractivity contribution in [1.82, 2.24) is 0 Å². The minimum Gasteiger partial charge on any atom is -0.254 e. The summed E-state index contributed by atoms with van der Waals surface area (Å²) in [5, 5.41) is 9.26. The number of thiophene rings is 1. The summed E-state index contributed by atoms with van der Waals surface area (Å²) < 4.78 is 14.3. The maximum atomic E-state index is 14.3. The Morgan fingerprint density at radius 3 is 2.54 bits per heavy atom. The van der Waals surface area contributed by atoms with Crippen molar-refractivity contribution in [3.05, 3.63) is 87.3 Å². The minimum absolute atomic E-state index is 0.00702. The maximum Gasteiger partial charge on any atom is 0.148 e. The number of hydrogen-bond donors (Lipinski definition) is 0. The lowest BCUT2D eigenvalue weighted by Gasteiger charge is -2.22. The molecule has 0 N–H and O–H groups in total. The molecule has 1 aliphatic rings. The normalized spacial score (nSPS) is 17.2. The Morgan fingerprint density at radius 1 is 1.04 bits per heavy atom. The molecule has 0 unspecified atom stereocenters. The quantitative estimate of drug-likeness (QED) is 0.570. The van der Waals surface area contributed by atoms with Crippen LogP contribution in [0.15, 0.2) is 71.1 Å². The summed E-state index contributed by atoms with van der Waals surface area (Å²) in [6.45, 7) is 0. The number of halogens is 2. The Labute approximate surface area is 148 Å². The van der Waals surface area contributed by atoms with Gasteiger partial charge in [-0.05, 0) is 41.3 Å². The van der Waals surface area contributed by atoms with Crippen LogP contribution in [0.2, 0.25) is 5.02 Å². The van der Waals surface area contributed by atoms with Crippen molar-refractivity contribution < 1.29 is 4.39 Å². The Bertz CT molecular complexity index is 875. The zero-order valence-corrected chi connectivity index (χ0v) is 14.3. The van der Waals surface area contributed by atoms with Crippen LogP contribution in [-0.2, 0) is 0 Å². The van der Waals surface area contributed by atoms with Gasteiger partial charge in [0.25, 0.3) is 0 Å². The Kier molecular flexibility index (Phi) is 4.08. The predicted molar refractivity (Wildman–Crippen MR) is 98.5 cm³/mol. The summed E-state index contributed by atoms with van der Waals surface area (Å²) in [5.74, 6) is -0.264. The second-order valence-corrected chi connectivity index (χ2v) is 7.00. The van der Waals surface area contributed by atoms with E-state index in [1.54, 1.807) is 28.5 Å². The van der Waals surface area contributed by atoms with E-state index in [0.29, 0.717) is 10.7 Å². The summed E-state index contributed by atoms with van der Waals surface area (Å²) >= 11 is 7.64. The van der Waals surface area contributed by atoms with Crippen LogP contribution < -0.4 is 5.01 Å². The minimum atomic E-state index is -0.264. The number of nitrogens with zero attached hydrogens (tertiary/aromatic N) is 2. The summed E-state index contributed by atoms with van der Waals surface area (Å²) in [7, 11) is 0. The number of rotatable bonds is 3. The van der Waals surface area contributed by atoms with Crippen LogP contribution in [0.4, 0.5) is 10.1 Å². The molecule has 120 valence electrons. The van der Waals surface area contributed by atoms with Gasteiger partial charge in [-0.15, -0.1) is 11.3 Å². The molecule has 0 saturated heterocycles. The molecule has 24 heavy (non-hydrogen) atoms. The molecule has 3 aromatic rings. The third kappa shape index (κ3) is 2.83. The number of hydrogen-bond acceptors (Lipinski definition) is 3. The van der Waals surface area contributed by atoms with E-state index >= 15 is 0 Å². The summed E-state index contributed by atoms with van der Waals surface area (Å²) in [4.78, 5) is 1.17. The highest BCUT2D eigenvalue weighted by Gasteiger charge is 2.31. The SMILES string of the molecule is Fc1ccccc1N1N=C(c2ccc(Cl)cc2)C[C@@H]1c1cccs1. The van der Waals surface area contributed by atoms with Crippen LogP contribution in [0.25, 0.3) is 0 Å². The Hall–Kier alpha value is -2.17. The molecule has 1 aromatic heterocycles. The highest BCUT2D eigenvalue weighted by atomic mass is 35.5. The largest absolute Gasteiger partial charge is 0.254 e. The van der Waals surface area contributed by atoms with E-state index in [4.69, 9.17) is 16.7 Å². The first-order valence-electron chi connectivity index (χ1n) is 7.63. The molecule has 2 heterocycles. The highest BCUT2D eigenvalue weighted by molar-refractivity contribution is 7.10.